The largest absolute Gasteiger partial charge is 0.494 e. The molecule has 1 fully saturated rings. The van der Waals surface area contributed by atoms with Crippen LogP contribution in [0.5, 0.6) is 5.75 Å². The van der Waals surface area contributed by atoms with E-state index in [0.29, 0.717) is 25.4 Å². The highest BCUT2D eigenvalue weighted by Crippen LogP contribution is 2.28. The van der Waals surface area contributed by atoms with Gasteiger partial charge in [-0.05, 0) is 44.0 Å². The zero-order valence-corrected chi connectivity index (χ0v) is 17.2. The van der Waals surface area contributed by atoms with Crippen molar-refractivity contribution < 1.29 is 17.9 Å². The molecule has 150 valence electrons. The minimum Gasteiger partial charge on any atom is -0.494 e. The molecule has 2 aromatic rings. The van der Waals surface area contributed by atoms with E-state index in [1.54, 1.807) is 0 Å². The van der Waals surface area contributed by atoms with Crippen LogP contribution in [-0.4, -0.2) is 38.3 Å². The molecule has 0 spiro atoms. The molecule has 1 heterocycles. The van der Waals surface area contributed by atoms with E-state index in [4.69, 9.17) is 16.3 Å². The maximum Gasteiger partial charge on any atom is 0.251 e. The number of hydrogen-bond acceptors (Lipinski definition) is 4. The Hall–Kier alpha value is -2.09. The fourth-order valence-electron chi connectivity index (χ4n) is 3.13. The molecule has 28 heavy (non-hydrogen) atoms. The van der Waals surface area contributed by atoms with Gasteiger partial charge in [-0.2, -0.15) is 4.31 Å². The molecular formula is C20H23ClN2O4S. The molecule has 0 unspecified atom stereocenters. The summed E-state index contributed by atoms with van der Waals surface area (Å²) in [5.74, 6) is 0.333. The van der Waals surface area contributed by atoms with Crippen molar-refractivity contribution in [3.63, 3.8) is 0 Å². The van der Waals surface area contributed by atoms with E-state index in [-0.39, 0.29) is 27.9 Å². The second-order valence-corrected chi connectivity index (χ2v) is 8.79. The predicted octanol–water partition coefficient (Wildman–Crippen LogP) is 3.45. The Balaban J connectivity index is 1.78. The maximum absolute atomic E-state index is 12.8. The van der Waals surface area contributed by atoms with Gasteiger partial charge in [0, 0.05) is 30.8 Å². The Morgan fingerprint density at radius 1 is 1.18 bits per heavy atom. The summed E-state index contributed by atoms with van der Waals surface area (Å²) in [4.78, 5) is 12.6. The second-order valence-electron chi connectivity index (χ2n) is 6.48. The fourth-order valence-corrected chi connectivity index (χ4v) is 5.15. The summed E-state index contributed by atoms with van der Waals surface area (Å²) in [7, 11) is -3.71. The van der Waals surface area contributed by atoms with Gasteiger partial charge in [-0.25, -0.2) is 8.42 Å². The molecule has 0 aliphatic carbocycles. The summed E-state index contributed by atoms with van der Waals surface area (Å²) in [6.07, 6.45) is 1.66. The normalized spacial score (nSPS) is 14.8. The first kappa shape index (κ1) is 20.6. The third-order valence-corrected chi connectivity index (χ3v) is 6.97. The Bertz CT molecular complexity index is 956. The number of hydrogen-bond donors (Lipinski definition) is 1. The molecule has 0 bridgehead atoms. The minimum atomic E-state index is -3.71. The second kappa shape index (κ2) is 8.94. The average molecular weight is 423 g/mol. The molecule has 0 radical (unpaired) electrons. The standard InChI is InChI=1S/C20H23ClN2O4S/c1-2-27-18-8-4-3-7-16(18)14-22-20(24)15-9-10-17(21)19(13-15)28(25,26)23-11-5-6-12-23/h3-4,7-10,13H,2,5-6,11-12,14H2,1H3,(H,22,24). The molecule has 6 nitrogen and oxygen atoms in total. The van der Waals surface area contributed by atoms with E-state index in [0.717, 1.165) is 18.4 Å². The molecule has 1 aliphatic heterocycles. The number of nitrogens with zero attached hydrogens (tertiary/aromatic N) is 1. The van der Waals surface area contributed by atoms with E-state index < -0.39 is 10.0 Å². The summed E-state index contributed by atoms with van der Waals surface area (Å²) < 4.78 is 32.6. The summed E-state index contributed by atoms with van der Waals surface area (Å²) >= 11 is 6.14. The number of rotatable bonds is 7. The van der Waals surface area contributed by atoms with Crippen molar-refractivity contribution in [3.05, 3.63) is 58.6 Å². The molecule has 0 atom stereocenters. The summed E-state index contributed by atoms with van der Waals surface area (Å²) in [5, 5.41) is 2.93. The molecule has 3 rings (SSSR count). The van der Waals surface area contributed by atoms with Crippen LogP contribution in [0.2, 0.25) is 5.02 Å². The third kappa shape index (κ3) is 4.48. The molecule has 0 aromatic heterocycles. The lowest BCUT2D eigenvalue weighted by Gasteiger charge is -2.17. The SMILES string of the molecule is CCOc1ccccc1CNC(=O)c1ccc(Cl)c(S(=O)(=O)N2CCCC2)c1. The monoisotopic (exact) mass is 422 g/mol. The Morgan fingerprint density at radius 3 is 2.61 bits per heavy atom. The summed E-state index contributed by atoms with van der Waals surface area (Å²) in [5.41, 5.74) is 1.09. The van der Waals surface area contributed by atoms with Crippen LogP contribution in [0.3, 0.4) is 0 Å². The number of carbonyl (C=O) groups is 1. The van der Waals surface area contributed by atoms with Gasteiger partial charge < -0.3 is 10.1 Å². The number of benzene rings is 2. The van der Waals surface area contributed by atoms with E-state index in [2.05, 4.69) is 5.32 Å². The number of ether oxygens (including phenoxy) is 1. The number of para-hydroxylation sites is 1. The third-order valence-electron chi connectivity index (χ3n) is 4.59. The van der Waals surface area contributed by atoms with Crippen LogP contribution in [0.4, 0.5) is 0 Å². The molecule has 1 N–H and O–H groups in total. The van der Waals surface area contributed by atoms with Gasteiger partial charge >= 0.3 is 0 Å². The Labute approximate surface area is 170 Å². The van der Waals surface area contributed by atoms with E-state index in [9.17, 15) is 13.2 Å². The highest BCUT2D eigenvalue weighted by atomic mass is 35.5. The van der Waals surface area contributed by atoms with Crippen molar-refractivity contribution in [2.24, 2.45) is 0 Å². The number of halogens is 1. The Kier molecular flexibility index (Phi) is 6.59. The smallest absolute Gasteiger partial charge is 0.251 e. The van der Waals surface area contributed by atoms with Crippen LogP contribution < -0.4 is 10.1 Å². The van der Waals surface area contributed by atoms with Crippen LogP contribution in [-0.2, 0) is 16.6 Å². The molecular weight excluding hydrogens is 400 g/mol. The molecule has 8 heteroatoms. The van der Waals surface area contributed by atoms with Crippen LogP contribution >= 0.6 is 11.6 Å². The zero-order valence-electron chi connectivity index (χ0n) is 15.7. The van der Waals surface area contributed by atoms with Crippen molar-refractivity contribution in [2.45, 2.75) is 31.2 Å². The number of nitrogens with one attached hydrogen (secondary N) is 1. The number of carbonyl (C=O) groups excluding carboxylic acids is 1. The topological polar surface area (TPSA) is 75.7 Å². The van der Waals surface area contributed by atoms with Gasteiger partial charge in [0.2, 0.25) is 10.0 Å². The van der Waals surface area contributed by atoms with Crippen LogP contribution in [0.1, 0.15) is 35.7 Å². The van der Waals surface area contributed by atoms with E-state index >= 15 is 0 Å². The van der Waals surface area contributed by atoms with Crippen molar-refractivity contribution >= 4 is 27.5 Å². The van der Waals surface area contributed by atoms with Crippen LogP contribution in [0.15, 0.2) is 47.4 Å². The van der Waals surface area contributed by atoms with Crippen LogP contribution in [0.25, 0.3) is 0 Å². The first-order valence-corrected chi connectivity index (χ1v) is 11.0. The number of amides is 1. The molecule has 0 saturated carbocycles. The first-order chi connectivity index (χ1) is 13.4. The first-order valence-electron chi connectivity index (χ1n) is 9.22. The zero-order chi connectivity index (χ0) is 20.1. The highest BCUT2D eigenvalue weighted by molar-refractivity contribution is 7.89. The summed E-state index contributed by atoms with van der Waals surface area (Å²) in [6.45, 7) is 3.64. The average Bonchev–Trinajstić information content (AvgIpc) is 3.23. The summed E-state index contributed by atoms with van der Waals surface area (Å²) in [6, 6.07) is 11.8. The predicted molar refractivity (Wildman–Crippen MR) is 108 cm³/mol. The lowest BCUT2D eigenvalue weighted by Crippen LogP contribution is -2.29. The highest BCUT2D eigenvalue weighted by Gasteiger charge is 2.29. The van der Waals surface area contributed by atoms with Gasteiger partial charge in [0.15, 0.2) is 0 Å². The molecule has 1 saturated heterocycles. The van der Waals surface area contributed by atoms with Gasteiger partial charge in [0.25, 0.3) is 5.91 Å². The van der Waals surface area contributed by atoms with Crippen molar-refractivity contribution in [1.29, 1.82) is 0 Å². The van der Waals surface area contributed by atoms with E-state index in [1.165, 1.54) is 22.5 Å². The van der Waals surface area contributed by atoms with Crippen LogP contribution in [0, 0.1) is 0 Å². The number of sulfonamides is 1. The van der Waals surface area contributed by atoms with E-state index in [1.807, 2.05) is 31.2 Å². The quantitative estimate of drug-likeness (QED) is 0.741. The van der Waals surface area contributed by atoms with Gasteiger partial charge in [-0.15, -0.1) is 0 Å². The van der Waals surface area contributed by atoms with Crippen molar-refractivity contribution in [2.75, 3.05) is 19.7 Å². The lowest BCUT2D eigenvalue weighted by atomic mass is 10.1. The molecule has 2 aromatic carbocycles. The minimum absolute atomic E-state index is 0.0292. The fraction of sp³-hybridized carbons (Fsp3) is 0.350. The van der Waals surface area contributed by atoms with Gasteiger partial charge in [0.1, 0.15) is 10.6 Å². The molecule has 1 aliphatic rings. The van der Waals surface area contributed by atoms with Gasteiger partial charge in [-0.1, -0.05) is 29.8 Å². The van der Waals surface area contributed by atoms with Crippen molar-refractivity contribution in [3.8, 4) is 5.75 Å². The van der Waals surface area contributed by atoms with Gasteiger partial charge in [0.05, 0.1) is 11.6 Å². The lowest BCUT2D eigenvalue weighted by molar-refractivity contribution is 0.0950. The molecule has 1 amide bonds. The Morgan fingerprint density at radius 2 is 1.89 bits per heavy atom. The van der Waals surface area contributed by atoms with Gasteiger partial charge in [-0.3, -0.25) is 4.79 Å². The maximum atomic E-state index is 12.8. The van der Waals surface area contributed by atoms with Crippen molar-refractivity contribution in [1.82, 2.24) is 9.62 Å².